The fourth-order valence-corrected chi connectivity index (χ4v) is 6.01. The van der Waals surface area contributed by atoms with Crippen LogP contribution in [0.2, 0.25) is 0 Å². The molecule has 0 aromatic carbocycles. The molecule has 3 heterocycles. The Balaban J connectivity index is 1.77. The lowest BCUT2D eigenvalue weighted by molar-refractivity contribution is -0.192. The van der Waals surface area contributed by atoms with Crippen LogP contribution in [0.3, 0.4) is 0 Å². The molecule has 3 atom stereocenters. The summed E-state index contributed by atoms with van der Waals surface area (Å²) in [5.74, 6) is -4.46. The van der Waals surface area contributed by atoms with Crippen molar-refractivity contribution in [1.29, 1.82) is 0 Å². The van der Waals surface area contributed by atoms with Gasteiger partial charge in [0.1, 0.15) is 32.6 Å². The van der Waals surface area contributed by atoms with E-state index in [-0.39, 0.29) is 17.2 Å². The minimum absolute atomic E-state index is 0.160. The van der Waals surface area contributed by atoms with Gasteiger partial charge in [-0.2, -0.15) is 19.1 Å². The van der Waals surface area contributed by atoms with E-state index in [0.717, 1.165) is 23.8 Å². The first-order chi connectivity index (χ1) is 15.1. The summed E-state index contributed by atoms with van der Waals surface area (Å²) in [5, 5.41) is 17.0. The minimum atomic E-state index is -4.22. The zero-order valence-corrected chi connectivity index (χ0v) is 18.6. The number of fused-ring (bicyclic) bond motifs is 1. The maximum atomic E-state index is 13.2. The van der Waals surface area contributed by atoms with Crippen molar-refractivity contribution in [3.8, 4) is 0 Å². The molecule has 0 spiro atoms. The molecule has 176 valence electrons. The molecular formula is C15H16F3N5O6S3. The molecule has 2 aliphatic heterocycles. The summed E-state index contributed by atoms with van der Waals surface area (Å²) in [7, 11) is -2.09. The monoisotopic (exact) mass is 515 g/mol. The van der Waals surface area contributed by atoms with Crippen molar-refractivity contribution in [2.45, 2.75) is 21.4 Å². The number of thioether (sulfide) groups is 2. The van der Waals surface area contributed by atoms with Crippen LogP contribution in [0.1, 0.15) is 0 Å². The number of alkyl halides is 3. The normalized spacial score (nSPS) is 24.1. The molecule has 1 fully saturated rings. The number of rotatable bonds is 10. The van der Waals surface area contributed by atoms with Crippen LogP contribution < -0.4 is 5.32 Å². The van der Waals surface area contributed by atoms with Crippen molar-refractivity contribution >= 4 is 52.1 Å². The number of hydrogen-bond donors (Lipinski definition) is 3. The van der Waals surface area contributed by atoms with E-state index < -0.39 is 57.4 Å². The van der Waals surface area contributed by atoms with E-state index in [1.54, 1.807) is 0 Å². The summed E-state index contributed by atoms with van der Waals surface area (Å²) in [6.07, 6.45) is 1.45. The maximum Gasteiger partial charge on any atom is 0.352 e. The molecule has 3 rings (SSSR count). The Labute approximate surface area is 189 Å². The lowest BCUT2D eigenvalue weighted by Crippen LogP contribution is -2.81. The zero-order valence-electron chi connectivity index (χ0n) is 16.2. The third-order valence-electron chi connectivity index (χ3n) is 4.50. The third kappa shape index (κ3) is 4.38. The molecule has 0 aliphatic carbocycles. The number of β-lactam (4-membered cyclic amide) rings is 1. The molecule has 1 unspecified atom stereocenters. The van der Waals surface area contributed by atoms with Gasteiger partial charge in [-0.15, -0.1) is 16.9 Å². The fourth-order valence-electron chi connectivity index (χ4n) is 3.00. The highest BCUT2D eigenvalue weighted by Crippen LogP contribution is 2.47. The Morgan fingerprint density at radius 1 is 1.56 bits per heavy atom. The molecule has 2 amide bonds. The van der Waals surface area contributed by atoms with Crippen molar-refractivity contribution in [3.63, 3.8) is 0 Å². The van der Waals surface area contributed by atoms with Gasteiger partial charge in [-0.25, -0.2) is 9.18 Å². The van der Waals surface area contributed by atoms with Crippen LogP contribution in [0.5, 0.6) is 0 Å². The summed E-state index contributed by atoms with van der Waals surface area (Å²) < 4.78 is 55.3. The number of amides is 2. The molecule has 1 aromatic rings. The number of aromatic nitrogens is 3. The number of aliphatic carboxylic acids is 1. The van der Waals surface area contributed by atoms with Crippen molar-refractivity contribution in [3.05, 3.63) is 17.5 Å². The molecule has 1 aromatic heterocycles. The topological polar surface area (TPSA) is 155 Å². The number of carbonyl (C=O) groups is 3. The Bertz CT molecular complexity index is 978. The van der Waals surface area contributed by atoms with Gasteiger partial charge in [0.05, 0.1) is 6.20 Å². The Morgan fingerprint density at radius 3 is 2.84 bits per heavy atom. The SMILES string of the molecule is CO[C@@]1(NC(=O)CS(=O)C(F)(F)CF)C(=O)N2C(C(=O)O)=C(CSc3cn[nH]n3)CS[C@H]21. The van der Waals surface area contributed by atoms with E-state index in [1.807, 2.05) is 0 Å². The van der Waals surface area contributed by atoms with Crippen molar-refractivity contribution in [2.24, 2.45) is 0 Å². The van der Waals surface area contributed by atoms with Gasteiger partial charge >= 0.3 is 11.2 Å². The van der Waals surface area contributed by atoms with Gasteiger partial charge < -0.3 is 15.2 Å². The lowest BCUT2D eigenvalue weighted by Gasteiger charge is -2.55. The predicted octanol–water partition coefficient (Wildman–Crippen LogP) is -0.0795. The van der Waals surface area contributed by atoms with Crippen molar-refractivity contribution in [2.75, 3.05) is 31.0 Å². The number of halogens is 3. The van der Waals surface area contributed by atoms with Gasteiger partial charge in [0.15, 0.2) is 6.67 Å². The van der Waals surface area contributed by atoms with Gasteiger partial charge in [-0.05, 0) is 5.57 Å². The van der Waals surface area contributed by atoms with Crippen molar-refractivity contribution < 1.29 is 41.6 Å². The third-order valence-corrected chi connectivity index (χ3v) is 8.16. The first-order valence-corrected chi connectivity index (χ1v) is 12.0. The molecule has 11 nitrogen and oxygen atoms in total. The highest BCUT2D eigenvalue weighted by atomic mass is 32.2. The largest absolute Gasteiger partial charge is 0.477 e. The van der Waals surface area contributed by atoms with Crippen LogP contribution in [0.15, 0.2) is 22.5 Å². The quantitative estimate of drug-likeness (QED) is 0.219. The molecule has 0 saturated carbocycles. The number of ether oxygens (including phenoxy) is 1. The standard InChI is InChI=1S/C15H16F3N5O6S3/c1-29-15(20-8(24)5-32(28)14(17,18)6-16)12(27)23-10(11(25)26)7(4-31-13(15)23)3-30-9-2-19-22-21-9/h2,13H,3-6H2,1H3,(H,20,24)(H,25,26)(H,19,21,22)/t13-,15-,32?/m0/s1. The van der Waals surface area contributed by atoms with Crippen LogP contribution in [0.4, 0.5) is 13.2 Å². The van der Waals surface area contributed by atoms with Crippen molar-refractivity contribution in [1.82, 2.24) is 25.6 Å². The summed E-state index contributed by atoms with van der Waals surface area (Å²) in [6, 6.07) is 0. The number of nitrogens with zero attached hydrogens (tertiary/aromatic N) is 3. The van der Waals surface area contributed by atoms with E-state index in [9.17, 15) is 36.9 Å². The summed E-state index contributed by atoms with van der Waals surface area (Å²) in [4.78, 5) is 37.8. The van der Waals surface area contributed by atoms with Gasteiger partial charge in [-0.1, -0.05) is 11.8 Å². The number of carbonyl (C=O) groups excluding carboxylic acids is 2. The van der Waals surface area contributed by atoms with Crippen LogP contribution in [0.25, 0.3) is 0 Å². The van der Waals surface area contributed by atoms with Crippen LogP contribution in [-0.4, -0.2) is 94.8 Å². The number of hydrogen-bond acceptors (Lipinski definition) is 9. The van der Waals surface area contributed by atoms with Crippen LogP contribution in [0, 0.1) is 0 Å². The molecule has 0 bridgehead atoms. The minimum Gasteiger partial charge on any atom is -0.477 e. The van der Waals surface area contributed by atoms with Crippen LogP contribution >= 0.6 is 23.5 Å². The van der Waals surface area contributed by atoms with Gasteiger partial charge in [0.2, 0.25) is 5.91 Å². The first-order valence-electron chi connectivity index (χ1n) is 8.65. The molecule has 1 saturated heterocycles. The molecular weight excluding hydrogens is 499 g/mol. The predicted molar refractivity (Wildman–Crippen MR) is 107 cm³/mol. The number of carboxylic acid groups (broad SMARTS) is 1. The van der Waals surface area contributed by atoms with Gasteiger partial charge in [-0.3, -0.25) is 18.7 Å². The number of nitrogens with one attached hydrogen (secondary N) is 2. The molecule has 2 aliphatic rings. The fraction of sp³-hybridized carbons (Fsp3) is 0.533. The average Bonchev–Trinajstić information content (AvgIpc) is 3.28. The average molecular weight is 516 g/mol. The van der Waals surface area contributed by atoms with E-state index in [2.05, 4.69) is 20.7 Å². The molecule has 3 N–H and O–H groups in total. The van der Waals surface area contributed by atoms with Crippen LogP contribution in [-0.2, 0) is 29.9 Å². The first kappa shape index (κ1) is 24.5. The maximum absolute atomic E-state index is 13.2. The van der Waals surface area contributed by atoms with E-state index in [4.69, 9.17) is 4.74 Å². The Hall–Kier alpha value is -2.11. The summed E-state index contributed by atoms with van der Waals surface area (Å²) in [6.45, 7) is -2.21. The van der Waals surface area contributed by atoms with Gasteiger partial charge in [0.25, 0.3) is 11.6 Å². The Kier molecular flexibility index (Phi) is 7.21. The second-order valence-electron chi connectivity index (χ2n) is 6.44. The van der Waals surface area contributed by atoms with E-state index in [1.165, 1.54) is 18.0 Å². The van der Waals surface area contributed by atoms with E-state index in [0.29, 0.717) is 10.6 Å². The Morgan fingerprint density at radius 2 is 2.28 bits per heavy atom. The molecule has 17 heteroatoms. The second-order valence-corrected chi connectivity index (χ2v) is 10.1. The number of H-pyrrole nitrogens is 1. The summed E-state index contributed by atoms with van der Waals surface area (Å²) >= 11 is 2.29. The number of methoxy groups -OCH3 is 1. The zero-order chi connectivity index (χ0) is 23.7. The van der Waals surface area contributed by atoms with E-state index >= 15 is 0 Å². The highest BCUT2D eigenvalue weighted by Gasteiger charge is 2.66. The van der Waals surface area contributed by atoms with Gasteiger partial charge in [0, 0.05) is 18.6 Å². The molecule has 32 heavy (non-hydrogen) atoms. The highest BCUT2D eigenvalue weighted by molar-refractivity contribution is 8.01. The molecule has 0 radical (unpaired) electrons. The number of aromatic amines is 1. The second kappa shape index (κ2) is 9.40. The lowest BCUT2D eigenvalue weighted by atomic mass is 9.98. The smallest absolute Gasteiger partial charge is 0.352 e. The summed E-state index contributed by atoms with van der Waals surface area (Å²) in [5.41, 5.74) is -1.91. The number of carboxylic acids is 1.